The van der Waals surface area contributed by atoms with Crippen molar-refractivity contribution in [1.82, 2.24) is 15.2 Å². The molecule has 0 aromatic carbocycles. The van der Waals surface area contributed by atoms with Crippen LogP contribution in [-0.2, 0) is 6.54 Å². The van der Waals surface area contributed by atoms with Crippen LogP contribution in [0.4, 0.5) is 5.69 Å². The third-order valence-corrected chi connectivity index (χ3v) is 2.44. The van der Waals surface area contributed by atoms with Crippen LogP contribution in [0, 0.1) is 13.8 Å². The Bertz CT molecular complexity index is 447. The number of rotatable bonds is 3. The van der Waals surface area contributed by atoms with Crippen LogP contribution in [0.2, 0.25) is 0 Å². The Hall–Kier alpha value is -1.84. The van der Waals surface area contributed by atoms with E-state index < -0.39 is 0 Å². The summed E-state index contributed by atoms with van der Waals surface area (Å²) in [4.78, 5) is 4.08. The largest absolute Gasteiger partial charge is 0.379 e. The van der Waals surface area contributed by atoms with E-state index in [-0.39, 0.29) is 0 Å². The first-order valence-corrected chi connectivity index (χ1v) is 4.90. The van der Waals surface area contributed by atoms with E-state index in [2.05, 4.69) is 27.4 Å². The maximum absolute atomic E-state index is 4.08. The zero-order chi connectivity index (χ0) is 10.7. The minimum absolute atomic E-state index is 0.773. The lowest BCUT2D eigenvalue weighted by Gasteiger charge is -2.07. The van der Waals surface area contributed by atoms with Crippen molar-refractivity contribution in [2.24, 2.45) is 0 Å². The van der Waals surface area contributed by atoms with Crippen molar-refractivity contribution in [2.45, 2.75) is 20.4 Å². The molecular weight excluding hydrogens is 188 g/mol. The Labute approximate surface area is 88.8 Å². The van der Waals surface area contributed by atoms with E-state index in [0.29, 0.717) is 0 Å². The predicted octanol–water partition coefficient (Wildman–Crippen LogP) is 2.03. The summed E-state index contributed by atoms with van der Waals surface area (Å²) in [6.45, 7) is 4.85. The van der Waals surface area contributed by atoms with Gasteiger partial charge in [0.1, 0.15) is 0 Å². The maximum atomic E-state index is 4.08. The number of pyridine rings is 1. The summed E-state index contributed by atoms with van der Waals surface area (Å²) in [6.07, 6.45) is 5.47. The second kappa shape index (κ2) is 4.13. The predicted molar refractivity (Wildman–Crippen MR) is 59.6 cm³/mol. The van der Waals surface area contributed by atoms with Crippen LogP contribution in [0.5, 0.6) is 0 Å². The van der Waals surface area contributed by atoms with Crippen molar-refractivity contribution in [3.8, 4) is 0 Å². The Morgan fingerprint density at radius 2 is 2.20 bits per heavy atom. The van der Waals surface area contributed by atoms with Crippen LogP contribution in [0.15, 0.2) is 24.7 Å². The lowest BCUT2D eigenvalue weighted by Crippen LogP contribution is -2.01. The highest BCUT2D eigenvalue weighted by Gasteiger charge is 2.01. The zero-order valence-corrected chi connectivity index (χ0v) is 8.91. The maximum Gasteiger partial charge on any atom is 0.0559 e. The molecule has 2 aromatic heterocycles. The first-order valence-electron chi connectivity index (χ1n) is 4.90. The normalized spacial score (nSPS) is 10.3. The fourth-order valence-electron chi connectivity index (χ4n) is 1.39. The molecule has 0 fully saturated rings. The molecule has 2 heterocycles. The van der Waals surface area contributed by atoms with E-state index in [0.717, 1.165) is 17.9 Å². The van der Waals surface area contributed by atoms with Gasteiger partial charge in [0.15, 0.2) is 0 Å². The topological polar surface area (TPSA) is 53.6 Å². The van der Waals surface area contributed by atoms with E-state index in [1.54, 1.807) is 6.20 Å². The van der Waals surface area contributed by atoms with E-state index in [1.165, 1.54) is 11.1 Å². The molecule has 2 N–H and O–H groups in total. The number of anilines is 1. The SMILES string of the molecule is Cc1ccncc1NCc1cn[nH]c1C. The van der Waals surface area contributed by atoms with Crippen molar-refractivity contribution >= 4 is 5.69 Å². The summed E-state index contributed by atoms with van der Waals surface area (Å²) < 4.78 is 0. The Morgan fingerprint density at radius 3 is 2.87 bits per heavy atom. The van der Waals surface area contributed by atoms with Gasteiger partial charge in [0, 0.05) is 24.0 Å². The van der Waals surface area contributed by atoms with Crippen LogP contribution in [-0.4, -0.2) is 15.2 Å². The number of hydrogen-bond donors (Lipinski definition) is 2. The van der Waals surface area contributed by atoms with Crippen LogP contribution in [0.1, 0.15) is 16.8 Å². The molecule has 2 aromatic rings. The van der Waals surface area contributed by atoms with Crippen molar-refractivity contribution in [3.05, 3.63) is 41.5 Å². The summed E-state index contributed by atoms with van der Waals surface area (Å²) in [5.74, 6) is 0. The first-order chi connectivity index (χ1) is 7.27. The van der Waals surface area contributed by atoms with Gasteiger partial charge in [0.25, 0.3) is 0 Å². The molecular formula is C11H14N4. The summed E-state index contributed by atoms with van der Waals surface area (Å²) >= 11 is 0. The van der Waals surface area contributed by atoms with Crippen LogP contribution < -0.4 is 5.32 Å². The first kappa shape index (κ1) is 9.71. The third-order valence-electron chi connectivity index (χ3n) is 2.44. The fourth-order valence-corrected chi connectivity index (χ4v) is 1.39. The van der Waals surface area contributed by atoms with Gasteiger partial charge in [0.05, 0.1) is 18.1 Å². The molecule has 4 nitrogen and oxygen atoms in total. The number of aryl methyl sites for hydroxylation is 2. The van der Waals surface area contributed by atoms with Gasteiger partial charge in [-0.2, -0.15) is 5.10 Å². The minimum Gasteiger partial charge on any atom is -0.379 e. The number of aromatic nitrogens is 3. The summed E-state index contributed by atoms with van der Waals surface area (Å²) in [6, 6.07) is 1.99. The quantitative estimate of drug-likeness (QED) is 0.800. The van der Waals surface area contributed by atoms with E-state index >= 15 is 0 Å². The molecule has 0 atom stereocenters. The van der Waals surface area contributed by atoms with Gasteiger partial charge in [-0.3, -0.25) is 10.1 Å². The second-order valence-corrected chi connectivity index (χ2v) is 3.56. The third kappa shape index (κ3) is 2.15. The summed E-state index contributed by atoms with van der Waals surface area (Å²) in [7, 11) is 0. The summed E-state index contributed by atoms with van der Waals surface area (Å²) in [5, 5.41) is 10.2. The molecule has 0 saturated carbocycles. The molecule has 15 heavy (non-hydrogen) atoms. The molecule has 0 bridgehead atoms. The second-order valence-electron chi connectivity index (χ2n) is 3.56. The molecule has 0 spiro atoms. The Kier molecular flexibility index (Phi) is 2.67. The number of aromatic amines is 1. The smallest absolute Gasteiger partial charge is 0.0559 e. The van der Waals surface area contributed by atoms with E-state index in [9.17, 15) is 0 Å². The van der Waals surface area contributed by atoms with Gasteiger partial charge in [-0.15, -0.1) is 0 Å². The number of hydrogen-bond acceptors (Lipinski definition) is 3. The van der Waals surface area contributed by atoms with Crippen molar-refractivity contribution in [1.29, 1.82) is 0 Å². The highest BCUT2D eigenvalue weighted by Crippen LogP contribution is 2.13. The van der Waals surface area contributed by atoms with E-state index in [4.69, 9.17) is 0 Å². The zero-order valence-electron chi connectivity index (χ0n) is 8.91. The lowest BCUT2D eigenvalue weighted by atomic mass is 10.2. The van der Waals surface area contributed by atoms with Gasteiger partial charge in [-0.05, 0) is 25.5 Å². The average Bonchev–Trinajstić information content (AvgIpc) is 2.63. The molecule has 0 aliphatic carbocycles. The average molecular weight is 202 g/mol. The highest BCUT2D eigenvalue weighted by atomic mass is 15.1. The minimum atomic E-state index is 0.773. The molecule has 0 saturated heterocycles. The van der Waals surface area contributed by atoms with Crippen molar-refractivity contribution in [3.63, 3.8) is 0 Å². The van der Waals surface area contributed by atoms with Crippen LogP contribution >= 0.6 is 0 Å². The van der Waals surface area contributed by atoms with E-state index in [1.807, 2.05) is 25.4 Å². The number of nitrogens with one attached hydrogen (secondary N) is 2. The molecule has 0 radical (unpaired) electrons. The standard InChI is InChI=1S/C11H14N4/c1-8-3-4-12-7-11(8)13-5-10-6-14-15-9(10)2/h3-4,6-7,13H,5H2,1-2H3,(H,14,15). The molecule has 0 unspecified atom stereocenters. The monoisotopic (exact) mass is 202 g/mol. The number of H-pyrrole nitrogens is 1. The fraction of sp³-hybridized carbons (Fsp3) is 0.273. The lowest BCUT2D eigenvalue weighted by molar-refractivity contribution is 1.04. The van der Waals surface area contributed by atoms with Crippen molar-refractivity contribution in [2.75, 3.05) is 5.32 Å². The molecule has 2 rings (SSSR count). The van der Waals surface area contributed by atoms with Crippen LogP contribution in [0.25, 0.3) is 0 Å². The van der Waals surface area contributed by atoms with Gasteiger partial charge >= 0.3 is 0 Å². The molecule has 0 amide bonds. The molecule has 0 aliphatic heterocycles. The van der Waals surface area contributed by atoms with Gasteiger partial charge < -0.3 is 5.32 Å². The van der Waals surface area contributed by atoms with Gasteiger partial charge in [0.2, 0.25) is 0 Å². The van der Waals surface area contributed by atoms with Crippen molar-refractivity contribution < 1.29 is 0 Å². The Morgan fingerprint density at radius 1 is 1.33 bits per heavy atom. The van der Waals surface area contributed by atoms with Crippen LogP contribution in [0.3, 0.4) is 0 Å². The number of nitrogens with zero attached hydrogens (tertiary/aromatic N) is 2. The Balaban J connectivity index is 2.06. The molecule has 0 aliphatic rings. The highest BCUT2D eigenvalue weighted by molar-refractivity contribution is 5.48. The summed E-state index contributed by atoms with van der Waals surface area (Å²) in [5.41, 5.74) is 4.55. The molecule has 78 valence electrons. The van der Waals surface area contributed by atoms with Gasteiger partial charge in [-0.1, -0.05) is 0 Å². The van der Waals surface area contributed by atoms with Gasteiger partial charge in [-0.25, -0.2) is 0 Å². The molecule has 4 heteroatoms.